The van der Waals surface area contributed by atoms with Crippen molar-refractivity contribution in [1.82, 2.24) is 24.8 Å². The van der Waals surface area contributed by atoms with Crippen LogP contribution in [0.5, 0.6) is 0 Å². The van der Waals surface area contributed by atoms with Gasteiger partial charge in [0.25, 0.3) is 11.8 Å². The summed E-state index contributed by atoms with van der Waals surface area (Å²) >= 11 is 0. The fourth-order valence-corrected chi connectivity index (χ4v) is 4.23. The normalized spacial score (nSPS) is 19.0. The lowest BCUT2D eigenvalue weighted by Gasteiger charge is -2.21. The van der Waals surface area contributed by atoms with Crippen molar-refractivity contribution < 1.29 is 49.8 Å². The van der Waals surface area contributed by atoms with E-state index >= 15 is 0 Å². The molecule has 1 fully saturated rings. The van der Waals surface area contributed by atoms with Gasteiger partial charge in [-0.2, -0.15) is 31.4 Å². The minimum absolute atomic E-state index is 0.00590. The quantitative estimate of drug-likeness (QED) is 0.417. The molecule has 1 aromatic carbocycles. The third-order valence-electron chi connectivity index (χ3n) is 6.14. The van der Waals surface area contributed by atoms with Gasteiger partial charge in [-0.05, 0) is 30.7 Å². The van der Waals surface area contributed by atoms with Crippen molar-refractivity contribution in [3.63, 3.8) is 0 Å². The van der Waals surface area contributed by atoms with Crippen LogP contribution < -0.4 is 11.1 Å². The second-order valence-corrected chi connectivity index (χ2v) is 8.78. The monoisotopic (exact) mass is 566 g/mol. The summed E-state index contributed by atoms with van der Waals surface area (Å²) in [5, 5.41) is 15.0. The summed E-state index contributed by atoms with van der Waals surface area (Å²) in [5.41, 5.74) is 2.44. The highest BCUT2D eigenvalue weighted by Crippen LogP contribution is 2.39. The molecule has 4 rings (SSSR count). The van der Waals surface area contributed by atoms with Crippen molar-refractivity contribution >= 4 is 23.1 Å². The SMILES string of the molecule is Cc1cc(F)c(-c2cc(C(F)(F)F)c3c(N)ncnn23)cc1C(=O)N[C@@H]1CN(C(=O)[C@@H](O)C(F)(F)F)C[C@@H]1F. The van der Waals surface area contributed by atoms with Crippen LogP contribution in [0.1, 0.15) is 21.5 Å². The minimum atomic E-state index is -5.28. The summed E-state index contributed by atoms with van der Waals surface area (Å²) in [6.45, 7) is -0.265. The number of amides is 2. The molecule has 0 bridgehead atoms. The lowest BCUT2D eigenvalue weighted by atomic mass is 10.0. The average molecular weight is 566 g/mol. The molecule has 1 aliphatic rings. The van der Waals surface area contributed by atoms with Gasteiger partial charge in [0.1, 0.15) is 23.8 Å². The standard InChI is InChI=1S/C22H18F8N6O3/c1-8-2-12(23)10(15-4-11(21(25,26)27)16-18(31)32-7-33-36(15)16)3-9(8)19(38)34-14-6-35(5-13(14)24)20(39)17(37)22(28,29)30/h2-4,7,13-14,17,37H,5-6H2,1H3,(H,34,38)(H2,31,32,33)/t13-,14+,17+/m0/s1. The van der Waals surface area contributed by atoms with Crippen LogP contribution in [0.3, 0.4) is 0 Å². The number of hydrogen-bond acceptors (Lipinski definition) is 6. The molecule has 17 heteroatoms. The Labute approximate surface area is 213 Å². The molecule has 1 aliphatic heterocycles. The number of aryl methyl sites for hydroxylation is 1. The minimum Gasteiger partial charge on any atom is -0.382 e. The highest BCUT2D eigenvalue weighted by atomic mass is 19.4. The Morgan fingerprint density at radius 3 is 2.44 bits per heavy atom. The van der Waals surface area contributed by atoms with Crippen molar-refractivity contribution in [2.45, 2.75) is 37.6 Å². The van der Waals surface area contributed by atoms with E-state index in [2.05, 4.69) is 15.4 Å². The lowest BCUT2D eigenvalue weighted by molar-refractivity contribution is -0.210. The number of rotatable bonds is 4. The molecule has 0 saturated carbocycles. The molecular weight excluding hydrogens is 548 g/mol. The molecule has 0 aliphatic carbocycles. The largest absolute Gasteiger partial charge is 0.423 e. The smallest absolute Gasteiger partial charge is 0.382 e. The Hall–Kier alpha value is -4.02. The van der Waals surface area contributed by atoms with Crippen LogP contribution in [-0.4, -0.2) is 74.0 Å². The molecule has 3 atom stereocenters. The van der Waals surface area contributed by atoms with Crippen LogP contribution in [0, 0.1) is 12.7 Å². The Kier molecular flexibility index (Phi) is 6.91. The molecule has 4 N–H and O–H groups in total. The number of carbonyl (C=O) groups excluding carboxylic acids is 2. The van der Waals surface area contributed by atoms with Crippen LogP contribution in [0.15, 0.2) is 24.5 Å². The van der Waals surface area contributed by atoms with Crippen molar-refractivity contribution in [1.29, 1.82) is 0 Å². The van der Waals surface area contributed by atoms with E-state index in [0.717, 1.165) is 18.5 Å². The number of aliphatic hydroxyl groups is 1. The lowest BCUT2D eigenvalue weighted by Crippen LogP contribution is -2.47. The Morgan fingerprint density at radius 1 is 1.15 bits per heavy atom. The number of nitrogens with two attached hydrogens (primary N) is 1. The number of anilines is 1. The number of fused-ring (bicyclic) bond motifs is 1. The molecular formula is C22H18F8N6O3. The van der Waals surface area contributed by atoms with E-state index < -0.39 is 89.5 Å². The highest BCUT2D eigenvalue weighted by molar-refractivity contribution is 5.97. The van der Waals surface area contributed by atoms with Crippen LogP contribution in [-0.2, 0) is 11.0 Å². The first-order valence-corrected chi connectivity index (χ1v) is 11.0. The van der Waals surface area contributed by atoms with Gasteiger partial charge in [0, 0.05) is 17.7 Å². The van der Waals surface area contributed by atoms with Crippen LogP contribution in [0.25, 0.3) is 16.8 Å². The van der Waals surface area contributed by atoms with Crippen LogP contribution >= 0.6 is 0 Å². The van der Waals surface area contributed by atoms with Gasteiger partial charge < -0.3 is 21.1 Å². The van der Waals surface area contributed by atoms with Crippen molar-refractivity contribution in [3.05, 3.63) is 47.0 Å². The molecule has 3 heterocycles. The molecule has 0 radical (unpaired) electrons. The van der Waals surface area contributed by atoms with E-state index in [-0.39, 0.29) is 11.1 Å². The van der Waals surface area contributed by atoms with Gasteiger partial charge in [0.05, 0.1) is 23.8 Å². The predicted octanol–water partition coefficient (Wildman–Crippen LogP) is 2.65. The second kappa shape index (κ2) is 9.62. The number of benzene rings is 1. The number of nitrogens with zero attached hydrogens (tertiary/aromatic N) is 4. The van der Waals surface area contributed by atoms with Gasteiger partial charge in [-0.25, -0.2) is 18.3 Å². The highest BCUT2D eigenvalue weighted by Gasteiger charge is 2.48. The van der Waals surface area contributed by atoms with E-state index in [1.165, 1.54) is 6.92 Å². The summed E-state index contributed by atoms with van der Waals surface area (Å²) in [4.78, 5) is 28.7. The van der Waals surface area contributed by atoms with Crippen molar-refractivity contribution in [3.8, 4) is 11.3 Å². The van der Waals surface area contributed by atoms with Gasteiger partial charge in [-0.3, -0.25) is 9.59 Å². The summed E-state index contributed by atoms with van der Waals surface area (Å²) in [6, 6.07) is 0.824. The number of likely N-dealkylation sites (tertiary alicyclic amines) is 1. The van der Waals surface area contributed by atoms with E-state index in [4.69, 9.17) is 10.8 Å². The van der Waals surface area contributed by atoms with Gasteiger partial charge >= 0.3 is 12.4 Å². The topological polar surface area (TPSA) is 126 Å². The predicted molar refractivity (Wildman–Crippen MR) is 117 cm³/mol. The first kappa shape index (κ1) is 28.0. The number of nitrogens with one attached hydrogen (secondary N) is 1. The first-order valence-electron chi connectivity index (χ1n) is 11.0. The number of aliphatic hydroxyl groups excluding tert-OH is 1. The third-order valence-corrected chi connectivity index (χ3v) is 6.14. The molecule has 210 valence electrons. The zero-order chi connectivity index (χ0) is 29.0. The molecule has 39 heavy (non-hydrogen) atoms. The van der Waals surface area contributed by atoms with Crippen molar-refractivity contribution in [2.24, 2.45) is 0 Å². The summed E-state index contributed by atoms with van der Waals surface area (Å²) in [7, 11) is 0. The fraction of sp³-hybridized carbons (Fsp3) is 0.364. The van der Waals surface area contributed by atoms with Crippen LogP contribution in [0.2, 0.25) is 0 Å². The first-order chi connectivity index (χ1) is 18.0. The Balaban J connectivity index is 1.66. The number of nitrogen functional groups attached to an aromatic ring is 1. The second-order valence-electron chi connectivity index (χ2n) is 8.78. The molecule has 3 aromatic rings. The van der Waals surface area contributed by atoms with Gasteiger partial charge in [0.15, 0.2) is 5.82 Å². The zero-order valence-electron chi connectivity index (χ0n) is 19.6. The molecule has 2 amide bonds. The maximum Gasteiger partial charge on any atom is 0.423 e. The number of alkyl halides is 7. The van der Waals surface area contributed by atoms with E-state index in [0.29, 0.717) is 15.5 Å². The number of halogens is 8. The summed E-state index contributed by atoms with van der Waals surface area (Å²) < 4.78 is 109. The zero-order valence-corrected chi connectivity index (χ0v) is 19.6. The summed E-state index contributed by atoms with van der Waals surface area (Å²) in [5.74, 6) is -4.42. The average Bonchev–Trinajstić information content (AvgIpc) is 3.39. The molecule has 9 nitrogen and oxygen atoms in total. The molecule has 0 unspecified atom stereocenters. The summed E-state index contributed by atoms with van der Waals surface area (Å²) in [6.07, 6.45) is -14.8. The number of aromatic nitrogens is 3. The molecule has 1 saturated heterocycles. The third kappa shape index (κ3) is 5.17. The van der Waals surface area contributed by atoms with Crippen LogP contribution in [0.4, 0.5) is 40.9 Å². The maximum atomic E-state index is 15.0. The van der Waals surface area contributed by atoms with Crippen molar-refractivity contribution in [2.75, 3.05) is 18.8 Å². The Bertz CT molecular complexity index is 1450. The fourth-order valence-electron chi connectivity index (χ4n) is 4.23. The van der Waals surface area contributed by atoms with Gasteiger partial charge in [-0.1, -0.05) is 0 Å². The number of carbonyl (C=O) groups is 2. The molecule has 0 spiro atoms. The van der Waals surface area contributed by atoms with E-state index in [1.54, 1.807) is 0 Å². The number of hydrogen-bond donors (Lipinski definition) is 3. The maximum absolute atomic E-state index is 15.0. The van der Waals surface area contributed by atoms with Gasteiger partial charge in [0.2, 0.25) is 6.10 Å². The molecule has 2 aromatic heterocycles. The Morgan fingerprint density at radius 2 is 1.82 bits per heavy atom. The van der Waals surface area contributed by atoms with E-state index in [9.17, 15) is 44.7 Å². The van der Waals surface area contributed by atoms with Gasteiger partial charge in [-0.15, -0.1) is 0 Å². The van der Waals surface area contributed by atoms with E-state index in [1.807, 2.05) is 0 Å².